The number of hydrogen-bond acceptors (Lipinski definition) is 5. The first-order chi connectivity index (χ1) is 16.0. The molecule has 5 heteroatoms. The molecule has 5 nitrogen and oxygen atoms in total. The highest BCUT2D eigenvalue weighted by atomic mass is 16.5. The standard InChI is InChI=1S/C29H48O5/c1-6-29(33,7-2)16-14-27(32)34-20(4)23-12-13-24-22(9-8-15-28(23,24)5)11-10-21-17-25(30)19(3)26(31)18-21/h10-11,19-20,23-26,30-31,33H,6-9,12-18H2,1-5H3/b21-10?,22-11+/t19?,20-,23+,24-,25+,26+,28+/m0/s1. The monoisotopic (exact) mass is 476 g/mol. The largest absolute Gasteiger partial charge is 0.462 e. The molecule has 3 aliphatic carbocycles. The maximum Gasteiger partial charge on any atom is 0.306 e. The molecule has 3 fully saturated rings. The lowest BCUT2D eigenvalue weighted by atomic mass is 9.62. The molecule has 0 heterocycles. The summed E-state index contributed by atoms with van der Waals surface area (Å²) in [4.78, 5) is 12.6. The van der Waals surface area contributed by atoms with Gasteiger partial charge in [0.2, 0.25) is 0 Å². The highest BCUT2D eigenvalue weighted by Crippen LogP contribution is 2.58. The zero-order valence-electron chi connectivity index (χ0n) is 22.1. The molecule has 0 aliphatic heterocycles. The number of aliphatic hydroxyl groups is 3. The molecule has 0 amide bonds. The Kier molecular flexibility index (Phi) is 9.08. The second-order valence-corrected chi connectivity index (χ2v) is 11.7. The van der Waals surface area contributed by atoms with Gasteiger partial charge in [-0.3, -0.25) is 4.79 Å². The van der Waals surface area contributed by atoms with Gasteiger partial charge in [-0.25, -0.2) is 0 Å². The Morgan fingerprint density at radius 2 is 1.82 bits per heavy atom. The van der Waals surface area contributed by atoms with Crippen LogP contribution in [-0.2, 0) is 9.53 Å². The molecule has 0 unspecified atom stereocenters. The van der Waals surface area contributed by atoms with Crippen molar-refractivity contribution >= 4 is 5.97 Å². The van der Waals surface area contributed by atoms with E-state index >= 15 is 0 Å². The van der Waals surface area contributed by atoms with E-state index in [9.17, 15) is 20.1 Å². The average Bonchev–Trinajstić information content (AvgIpc) is 3.17. The Morgan fingerprint density at radius 1 is 1.18 bits per heavy atom. The van der Waals surface area contributed by atoms with Crippen LogP contribution in [0.5, 0.6) is 0 Å². The number of esters is 1. The fraction of sp³-hybridized carbons (Fsp3) is 0.828. The van der Waals surface area contributed by atoms with Gasteiger partial charge in [0, 0.05) is 18.3 Å². The zero-order valence-corrected chi connectivity index (χ0v) is 22.1. The summed E-state index contributed by atoms with van der Waals surface area (Å²) in [6, 6.07) is 0. The van der Waals surface area contributed by atoms with Crippen molar-refractivity contribution in [3.63, 3.8) is 0 Å². The number of fused-ring (bicyclic) bond motifs is 1. The highest BCUT2D eigenvalue weighted by Gasteiger charge is 2.51. The van der Waals surface area contributed by atoms with E-state index in [2.05, 4.69) is 19.1 Å². The van der Waals surface area contributed by atoms with E-state index in [0.29, 0.717) is 43.9 Å². The fourth-order valence-corrected chi connectivity index (χ4v) is 6.95. The molecule has 3 saturated carbocycles. The van der Waals surface area contributed by atoms with Gasteiger partial charge in [0.15, 0.2) is 0 Å². The van der Waals surface area contributed by atoms with Crippen LogP contribution in [0.3, 0.4) is 0 Å². The maximum absolute atomic E-state index is 12.6. The third-order valence-electron chi connectivity index (χ3n) is 9.72. The fourth-order valence-electron chi connectivity index (χ4n) is 6.95. The number of rotatable bonds is 8. The van der Waals surface area contributed by atoms with Gasteiger partial charge in [0.05, 0.1) is 17.8 Å². The van der Waals surface area contributed by atoms with Gasteiger partial charge >= 0.3 is 5.97 Å². The third kappa shape index (κ3) is 5.96. The van der Waals surface area contributed by atoms with Crippen molar-refractivity contribution in [3.05, 3.63) is 23.3 Å². The molecule has 0 aromatic heterocycles. The molecule has 0 bridgehead atoms. The highest BCUT2D eigenvalue weighted by molar-refractivity contribution is 5.69. The topological polar surface area (TPSA) is 87.0 Å². The third-order valence-corrected chi connectivity index (χ3v) is 9.72. The van der Waals surface area contributed by atoms with Crippen LogP contribution < -0.4 is 0 Å². The minimum absolute atomic E-state index is 0.0692. The molecular weight excluding hydrogens is 428 g/mol. The second-order valence-electron chi connectivity index (χ2n) is 11.7. The number of hydrogen-bond donors (Lipinski definition) is 3. The van der Waals surface area contributed by atoms with Crippen molar-refractivity contribution in [3.8, 4) is 0 Å². The number of carbonyl (C=O) groups excluding carboxylic acids is 1. The summed E-state index contributed by atoms with van der Waals surface area (Å²) in [6.45, 7) is 10.3. The van der Waals surface area contributed by atoms with Gasteiger partial charge in [-0.1, -0.05) is 51.0 Å². The van der Waals surface area contributed by atoms with Crippen LogP contribution in [0.1, 0.15) is 105 Å². The van der Waals surface area contributed by atoms with Crippen molar-refractivity contribution in [2.75, 3.05) is 0 Å². The molecule has 0 aromatic rings. The van der Waals surface area contributed by atoms with Crippen molar-refractivity contribution in [1.82, 2.24) is 0 Å². The van der Waals surface area contributed by atoms with Gasteiger partial charge in [-0.15, -0.1) is 0 Å². The van der Waals surface area contributed by atoms with Crippen LogP contribution in [0.2, 0.25) is 0 Å². The van der Waals surface area contributed by atoms with Crippen LogP contribution in [0, 0.1) is 23.2 Å². The smallest absolute Gasteiger partial charge is 0.306 e. The van der Waals surface area contributed by atoms with Crippen molar-refractivity contribution in [1.29, 1.82) is 0 Å². The van der Waals surface area contributed by atoms with E-state index in [1.54, 1.807) is 0 Å². The van der Waals surface area contributed by atoms with Gasteiger partial charge in [-0.2, -0.15) is 0 Å². The lowest BCUT2D eigenvalue weighted by Crippen LogP contribution is -2.39. The summed E-state index contributed by atoms with van der Waals surface area (Å²) >= 11 is 0. The van der Waals surface area contributed by atoms with Gasteiger partial charge in [-0.05, 0) is 82.5 Å². The van der Waals surface area contributed by atoms with E-state index in [0.717, 1.165) is 37.7 Å². The van der Waals surface area contributed by atoms with Crippen molar-refractivity contribution in [2.24, 2.45) is 23.2 Å². The summed E-state index contributed by atoms with van der Waals surface area (Å²) in [5.74, 6) is 0.570. The molecule has 0 radical (unpaired) electrons. The van der Waals surface area contributed by atoms with E-state index in [1.807, 2.05) is 27.7 Å². The Balaban J connectivity index is 1.64. The van der Waals surface area contributed by atoms with E-state index in [1.165, 1.54) is 5.57 Å². The predicted molar refractivity (Wildman–Crippen MR) is 135 cm³/mol. The van der Waals surface area contributed by atoms with Crippen LogP contribution in [0.15, 0.2) is 23.3 Å². The normalized spacial score (nSPS) is 36.3. The van der Waals surface area contributed by atoms with Crippen LogP contribution in [-0.4, -0.2) is 45.2 Å². The SMILES string of the molecule is CCC(O)(CC)CCC(=O)O[C@@H](C)[C@H]1CC[C@H]2/C(=C/C=C3C[C@@H](O)C(C)[C@H](O)C3)CCC[C@]12C. The van der Waals surface area contributed by atoms with Crippen molar-refractivity contribution in [2.45, 2.75) is 129 Å². The van der Waals surface area contributed by atoms with Gasteiger partial charge < -0.3 is 20.1 Å². The first-order valence-corrected chi connectivity index (χ1v) is 13.7. The molecule has 194 valence electrons. The minimum Gasteiger partial charge on any atom is -0.462 e. The van der Waals surface area contributed by atoms with Gasteiger partial charge in [0.25, 0.3) is 0 Å². The molecule has 0 aromatic carbocycles. The Hall–Kier alpha value is -1.17. The molecule has 0 saturated heterocycles. The quantitative estimate of drug-likeness (QED) is 0.404. The second kappa shape index (κ2) is 11.3. The number of ether oxygens (including phenoxy) is 1. The van der Waals surface area contributed by atoms with Crippen LogP contribution in [0.25, 0.3) is 0 Å². The molecule has 3 N–H and O–H groups in total. The lowest BCUT2D eigenvalue weighted by Gasteiger charge is -2.44. The first-order valence-electron chi connectivity index (χ1n) is 13.7. The Bertz CT molecular complexity index is 752. The van der Waals surface area contributed by atoms with E-state index in [4.69, 9.17) is 4.74 Å². The summed E-state index contributed by atoms with van der Waals surface area (Å²) in [7, 11) is 0. The number of carbonyl (C=O) groups is 1. The summed E-state index contributed by atoms with van der Waals surface area (Å²) in [6.07, 6.45) is 12.2. The summed E-state index contributed by atoms with van der Waals surface area (Å²) in [5, 5.41) is 31.0. The van der Waals surface area contributed by atoms with E-state index < -0.39 is 17.8 Å². The Morgan fingerprint density at radius 3 is 2.44 bits per heavy atom. The molecule has 6 atom stereocenters. The number of allylic oxidation sites excluding steroid dienone is 3. The first kappa shape index (κ1) is 27.4. The molecule has 0 spiro atoms. The lowest BCUT2D eigenvalue weighted by molar-refractivity contribution is -0.154. The minimum atomic E-state index is -0.771. The summed E-state index contributed by atoms with van der Waals surface area (Å²) < 4.78 is 5.92. The summed E-state index contributed by atoms with van der Waals surface area (Å²) in [5.41, 5.74) is 1.96. The van der Waals surface area contributed by atoms with E-state index in [-0.39, 0.29) is 29.8 Å². The average molecular weight is 477 g/mol. The van der Waals surface area contributed by atoms with Gasteiger partial charge in [0.1, 0.15) is 6.10 Å². The Labute approximate surface area is 206 Å². The van der Waals surface area contributed by atoms with Crippen LogP contribution in [0.4, 0.5) is 0 Å². The molecule has 3 aliphatic rings. The van der Waals surface area contributed by atoms with Crippen LogP contribution >= 0.6 is 0 Å². The molecule has 34 heavy (non-hydrogen) atoms. The predicted octanol–water partition coefficient (Wildman–Crippen LogP) is 5.47. The maximum atomic E-state index is 12.6. The zero-order chi connectivity index (χ0) is 25.1. The van der Waals surface area contributed by atoms with Crippen molar-refractivity contribution < 1.29 is 24.9 Å². The molecular formula is C29H48O5. The molecule has 3 rings (SSSR count). The number of aliphatic hydroxyl groups excluding tert-OH is 2.